The zero-order valence-corrected chi connectivity index (χ0v) is 16.5. The predicted molar refractivity (Wildman–Crippen MR) is 103 cm³/mol. The minimum absolute atomic E-state index is 0.0174. The second kappa shape index (κ2) is 7.50. The van der Waals surface area contributed by atoms with Crippen LogP contribution in [-0.2, 0) is 14.4 Å². The Balaban J connectivity index is 1.48. The molecule has 3 heterocycles. The number of piperazine rings is 1. The van der Waals surface area contributed by atoms with E-state index in [9.17, 15) is 19.2 Å². The fourth-order valence-corrected chi connectivity index (χ4v) is 4.41. The minimum Gasteiger partial charge on any atom is -0.486 e. The van der Waals surface area contributed by atoms with Crippen LogP contribution in [0.15, 0.2) is 24.3 Å². The van der Waals surface area contributed by atoms with E-state index in [0.717, 1.165) is 0 Å². The molecule has 0 aromatic heterocycles. The summed E-state index contributed by atoms with van der Waals surface area (Å²) in [7, 11) is 0. The number of benzene rings is 1. The van der Waals surface area contributed by atoms with Gasteiger partial charge in [0.05, 0.1) is 18.5 Å². The second-order valence-corrected chi connectivity index (χ2v) is 8.00. The summed E-state index contributed by atoms with van der Waals surface area (Å²) in [6.07, 6.45) is 1.37. The number of carbonyl (C=O) groups is 4. The van der Waals surface area contributed by atoms with Gasteiger partial charge >= 0.3 is 0 Å². The van der Waals surface area contributed by atoms with Crippen LogP contribution in [0.2, 0.25) is 0 Å². The Morgan fingerprint density at radius 3 is 2.76 bits per heavy atom. The fourth-order valence-electron chi connectivity index (χ4n) is 4.41. The van der Waals surface area contributed by atoms with Crippen molar-refractivity contribution in [2.75, 3.05) is 26.2 Å². The van der Waals surface area contributed by atoms with Crippen molar-refractivity contribution in [3.8, 4) is 5.75 Å². The van der Waals surface area contributed by atoms with E-state index in [1.165, 1.54) is 4.90 Å². The van der Waals surface area contributed by atoms with Crippen molar-refractivity contribution in [1.29, 1.82) is 0 Å². The Morgan fingerprint density at radius 1 is 1.17 bits per heavy atom. The molecule has 1 aromatic rings. The molecular weight excluding hydrogens is 374 g/mol. The van der Waals surface area contributed by atoms with Gasteiger partial charge in [-0.2, -0.15) is 0 Å². The van der Waals surface area contributed by atoms with Crippen LogP contribution in [-0.4, -0.2) is 71.1 Å². The Labute approximate surface area is 169 Å². The van der Waals surface area contributed by atoms with Crippen molar-refractivity contribution in [3.63, 3.8) is 0 Å². The lowest BCUT2D eigenvalue weighted by molar-refractivity contribution is -0.147. The fraction of sp³-hybridized carbons (Fsp3) is 0.524. The molecule has 0 aliphatic carbocycles. The van der Waals surface area contributed by atoms with E-state index in [1.807, 2.05) is 12.1 Å². The van der Waals surface area contributed by atoms with Gasteiger partial charge in [-0.3, -0.25) is 19.2 Å². The van der Waals surface area contributed by atoms with Gasteiger partial charge in [-0.1, -0.05) is 12.1 Å². The summed E-state index contributed by atoms with van der Waals surface area (Å²) < 4.78 is 6.23. The molecule has 1 N–H and O–H groups in total. The largest absolute Gasteiger partial charge is 0.486 e. The zero-order valence-electron chi connectivity index (χ0n) is 16.5. The Kier molecular flexibility index (Phi) is 5.02. The van der Waals surface area contributed by atoms with Crippen molar-refractivity contribution >= 4 is 23.5 Å². The third-order valence-corrected chi connectivity index (χ3v) is 6.09. The number of hydrogen-bond acceptors (Lipinski definition) is 5. The molecule has 29 heavy (non-hydrogen) atoms. The van der Waals surface area contributed by atoms with Crippen molar-refractivity contribution < 1.29 is 23.9 Å². The first kappa shape index (κ1) is 19.4. The minimum atomic E-state index is -0.719. The lowest BCUT2D eigenvalue weighted by Gasteiger charge is -2.37. The highest BCUT2D eigenvalue weighted by atomic mass is 16.5. The molecule has 0 unspecified atom stereocenters. The summed E-state index contributed by atoms with van der Waals surface area (Å²) in [6, 6.07) is 6.52. The number of ether oxygens (including phenoxy) is 1. The van der Waals surface area contributed by atoms with Crippen LogP contribution < -0.4 is 10.1 Å². The molecule has 3 amide bonds. The highest BCUT2D eigenvalue weighted by Crippen LogP contribution is 2.39. The number of fused-ring (bicyclic) bond motifs is 1. The summed E-state index contributed by atoms with van der Waals surface area (Å²) >= 11 is 0. The molecule has 8 nitrogen and oxygen atoms in total. The number of para-hydroxylation sites is 1. The lowest BCUT2D eigenvalue weighted by atomic mass is 9.84. The van der Waals surface area contributed by atoms with Gasteiger partial charge < -0.3 is 19.9 Å². The SMILES string of the molecule is C[C@@H](C(=O)N1CCNC(=O)C1)N1CC[C@]2(CCC1=O)CC(=O)c1ccccc1O2. The standard InChI is InChI=1S/C21H25N3O5/c1-14(20(28)23-11-9-22-18(26)13-23)24-10-8-21(7-6-19(24)27)12-16(25)15-4-2-3-5-17(15)29-21/h2-5,14H,6-13H2,1H3,(H,22,26)/t14-,21+/m0/s1. The van der Waals surface area contributed by atoms with Gasteiger partial charge in [0, 0.05) is 32.5 Å². The average Bonchev–Trinajstić information content (AvgIpc) is 2.86. The normalized spacial score (nSPS) is 25.8. The maximum absolute atomic E-state index is 12.9. The van der Waals surface area contributed by atoms with Crippen LogP contribution in [0.5, 0.6) is 5.75 Å². The van der Waals surface area contributed by atoms with Crippen molar-refractivity contribution in [2.45, 2.75) is 44.2 Å². The molecule has 2 atom stereocenters. The molecule has 1 spiro atoms. The van der Waals surface area contributed by atoms with Gasteiger partial charge in [0.15, 0.2) is 5.78 Å². The molecule has 154 valence electrons. The third-order valence-electron chi connectivity index (χ3n) is 6.09. The first-order chi connectivity index (χ1) is 13.9. The monoisotopic (exact) mass is 399 g/mol. The molecular formula is C21H25N3O5. The van der Waals surface area contributed by atoms with Crippen molar-refractivity contribution in [1.82, 2.24) is 15.1 Å². The number of likely N-dealkylation sites (tertiary alicyclic amines) is 1. The Bertz CT molecular complexity index is 870. The quantitative estimate of drug-likeness (QED) is 0.792. The smallest absolute Gasteiger partial charge is 0.245 e. The van der Waals surface area contributed by atoms with Crippen LogP contribution in [0.4, 0.5) is 0 Å². The van der Waals surface area contributed by atoms with E-state index in [1.54, 1.807) is 24.0 Å². The Morgan fingerprint density at radius 2 is 1.97 bits per heavy atom. The van der Waals surface area contributed by atoms with E-state index >= 15 is 0 Å². The number of amides is 3. The lowest BCUT2D eigenvalue weighted by Crippen LogP contribution is -2.56. The average molecular weight is 399 g/mol. The molecule has 1 aromatic carbocycles. The maximum atomic E-state index is 12.9. The van der Waals surface area contributed by atoms with E-state index in [-0.39, 0.29) is 42.9 Å². The van der Waals surface area contributed by atoms with Crippen molar-refractivity contribution in [3.05, 3.63) is 29.8 Å². The number of nitrogens with one attached hydrogen (secondary N) is 1. The molecule has 2 saturated heterocycles. The number of nitrogens with zero attached hydrogens (tertiary/aromatic N) is 2. The van der Waals surface area contributed by atoms with Gasteiger partial charge in [-0.05, 0) is 25.5 Å². The van der Waals surface area contributed by atoms with Gasteiger partial charge in [-0.15, -0.1) is 0 Å². The summed E-state index contributed by atoms with van der Waals surface area (Å²) in [5.74, 6) is 0.0456. The summed E-state index contributed by atoms with van der Waals surface area (Å²) in [6.45, 7) is 2.91. The molecule has 0 bridgehead atoms. The summed E-state index contributed by atoms with van der Waals surface area (Å²) in [5.41, 5.74) is -0.138. The summed E-state index contributed by atoms with van der Waals surface area (Å²) in [4.78, 5) is 52.9. The first-order valence-corrected chi connectivity index (χ1v) is 10.0. The van der Waals surface area contributed by atoms with E-state index in [4.69, 9.17) is 4.74 Å². The van der Waals surface area contributed by atoms with Gasteiger partial charge in [-0.25, -0.2) is 0 Å². The van der Waals surface area contributed by atoms with E-state index < -0.39 is 11.6 Å². The second-order valence-electron chi connectivity index (χ2n) is 8.00. The van der Waals surface area contributed by atoms with Crippen molar-refractivity contribution in [2.24, 2.45) is 0 Å². The van der Waals surface area contributed by atoms with Crippen LogP contribution in [0.25, 0.3) is 0 Å². The molecule has 2 fully saturated rings. The van der Waals surface area contributed by atoms with Gasteiger partial charge in [0.1, 0.15) is 17.4 Å². The van der Waals surface area contributed by atoms with Crippen LogP contribution in [0.1, 0.15) is 43.0 Å². The Hall–Kier alpha value is -2.90. The summed E-state index contributed by atoms with van der Waals surface area (Å²) in [5, 5.41) is 2.69. The maximum Gasteiger partial charge on any atom is 0.245 e. The van der Waals surface area contributed by atoms with E-state index in [2.05, 4.69) is 5.32 Å². The first-order valence-electron chi connectivity index (χ1n) is 10.0. The number of Topliss-reactive ketones (excluding diaryl/α,β-unsaturated/α-hetero) is 1. The van der Waals surface area contributed by atoms with E-state index in [0.29, 0.717) is 43.8 Å². The van der Waals surface area contributed by atoms with Gasteiger partial charge in [0.2, 0.25) is 17.7 Å². The number of rotatable bonds is 2. The highest BCUT2D eigenvalue weighted by molar-refractivity contribution is 6.00. The molecule has 3 aliphatic heterocycles. The number of ketones is 1. The van der Waals surface area contributed by atoms with Crippen LogP contribution in [0.3, 0.4) is 0 Å². The van der Waals surface area contributed by atoms with Crippen LogP contribution >= 0.6 is 0 Å². The molecule has 0 saturated carbocycles. The molecule has 8 heteroatoms. The number of carbonyl (C=O) groups excluding carboxylic acids is 4. The van der Waals surface area contributed by atoms with Crippen LogP contribution in [0, 0.1) is 0 Å². The zero-order chi connectivity index (χ0) is 20.6. The van der Waals surface area contributed by atoms with Gasteiger partial charge in [0.25, 0.3) is 0 Å². The third kappa shape index (κ3) is 3.71. The number of hydrogen-bond donors (Lipinski definition) is 1. The molecule has 0 radical (unpaired) electrons. The molecule has 4 rings (SSSR count). The predicted octanol–water partition coefficient (Wildman–Crippen LogP) is 0.750. The molecule has 3 aliphatic rings. The topological polar surface area (TPSA) is 96.0 Å². The highest BCUT2D eigenvalue weighted by Gasteiger charge is 2.44.